The quantitative estimate of drug-likeness (QED) is 0.385. The van der Waals surface area contributed by atoms with E-state index in [9.17, 15) is 9.00 Å². The summed E-state index contributed by atoms with van der Waals surface area (Å²) in [5, 5.41) is 8.30. The standard InChI is InChI=1S/C22H30N4O.C9H13NOS/c1-5-24-15-19(14-23-3)26-10-8-17(9-11-26)21-13-18-7-6-16(2)12-20(18)22(27)25(21)4;1-3-10-8-6-4-5-7-9(8)12(2)11/h6-7,12-15,17,24H,5,8-11H2,1-4H3;4-7,10H,3H2,1-2H3/b19-15+,23-14?;. The molecule has 4 rings (SSSR count). The van der Waals surface area contributed by atoms with Crippen LogP contribution in [0, 0.1) is 6.92 Å². The van der Waals surface area contributed by atoms with Crippen LogP contribution in [0.1, 0.15) is 43.9 Å². The Kier molecular flexibility index (Phi) is 11.3. The molecule has 2 N–H and O–H groups in total. The molecule has 8 heteroatoms. The van der Waals surface area contributed by atoms with Gasteiger partial charge in [0.1, 0.15) is 0 Å². The van der Waals surface area contributed by atoms with E-state index in [0.29, 0.717) is 5.92 Å². The highest BCUT2D eigenvalue weighted by molar-refractivity contribution is 7.84. The van der Waals surface area contributed by atoms with Crippen LogP contribution >= 0.6 is 0 Å². The summed E-state index contributed by atoms with van der Waals surface area (Å²) in [5.74, 6) is 0.406. The number of fused-ring (bicyclic) bond motifs is 1. The first-order chi connectivity index (χ1) is 18.8. The van der Waals surface area contributed by atoms with Crippen molar-refractivity contribution >= 4 is 33.5 Å². The molecule has 7 nitrogen and oxygen atoms in total. The van der Waals surface area contributed by atoms with Gasteiger partial charge >= 0.3 is 0 Å². The maximum absolute atomic E-state index is 12.8. The van der Waals surface area contributed by atoms with Crippen molar-refractivity contribution in [2.45, 2.75) is 44.4 Å². The highest BCUT2D eigenvalue weighted by Crippen LogP contribution is 2.30. The summed E-state index contributed by atoms with van der Waals surface area (Å²) in [6, 6.07) is 16.0. The van der Waals surface area contributed by atoms with Gasteiger partial charge in [0.05, 0.1) is 27.1 Å². The zero-order chi connectivity index (χ0) is 28.4. The number of piperidine rings is 1. The van der Waals surface area contributed by atoms with E-state index in [4.69, 9.17) is 0 Å². The van der Waals surface area contributed by atoms with E-state index < -0.39 is 10.8 Å². The number of allylic oxidation sites excluding steroid dienone is 1. The van der Waals surface area contributed by atoms with Gasteiger partial charge in [-0.25, -0.2) is 0 Å². The Morgan fingerprint density at radius 1 is 1.10 bits per heavy atom. The Morgan fingerprint density at radius 3 is 2.46 bits per heavy atom. The molecule has 0 amide bonds. The second-order valence-electron chi connectivity index (χ2n) is 9.78. The summed E-state index contributed by atoms with van der Waals surface area (Å²) >= 11 is 0. The lowest BCUT2D eigenvalue weighted by Crippen LogP contribution is -2.35. The van der Waals surface area contributed by atoms with Gasteiger partial charge in [-0.05, 0) is 63.3 Å². The molecule has 0 bridgehead atoms. The van der Waals surface area contributed by atoms with Gasteiger partial charge in [0.2, 0.25) is 0 Å². The predicted octanol–water partition coefficient (Wildman–Crippen LogP) is 5.03. The number of aliphatic imine (C=N–C) groups is 1. The zero-order valence-electron chi connectivity index (χ0n) is 24.2. The monoisotopic (exact) mass is 549 g/mol. The van der Waals surface area contributed by atoms with Crippen LogP contribution in [0.2, 0.25) is 0 Å². The van der Waals surface area contributed by atoms with Crippen molar-refractivity contribution in [2.24, 2.45) is 12.0 Å². The third-order valence-corrected chi connectivity index (χ3v) is 7.97. The SMILES string of the molecule is CCN/C=C(\C=NC)N1CCC(c2cc3ccc(C)cc3c(=O)n2C)CC1.CCNc1ccccc1S(C)=O. The average Bonchev–Trinajstić information content (AvgIpc) is 2.94. The zero-order valence-corrected chi connectivity index (χ0v) is 25.0. The largest absolute Gasteiger partial charge is 0.389 e. The van der Waals surface area contributed by atoms with Crippen molar-refractivity contribution in [3.63, 3.8) is 0 Å². The molecule has 2 aromatic carbocycles. The Morgan fingerprint density at radius 2 is 1.82 bits per heavy atom. The number of likely N-dealkylation sites (tertiary alicyclic amines) is 1. The van der Waals surface area contributed by atoms with Crippen LogP contribution in [0.15, 0.2) is 75.1 Å². The predicted molar refractivity (Wildman–Crippen MR) is 167 cm³/mol. The van der Waals surface area contributed by atoms with Crippen molar-refractivity contribution in [1.82, 2.24) is 14.8 Å². The van der Waals surface area contributed by atoms with Gasteiger partial charge in [0.25, 0.3) is 5.56 Å². The topological polar surface area (TPSA) is 78.7 Å². The van der Waals surface area contributed by atoms with Crippen LogP contribution in [-0.2, 0) is 17.8 Å². The molecule has 1 atom stereocenters. The highest BCUT2D eigenvalue weighted by Gasteiger charge is 2.24. The van der Waals surface area contributed by atoms with Gasteiger partial charge in [-0.3, -0.25) is 14.0 Å². The van der Waals surface area contributed by atoms with Crippen molar-refractivity contribution in [3.05, 3.63) is 82.0 Å². The lowest BCUT2D eigenvalue weighted by molar-refractivity contribution is 0.269. The Bertz CT molecular complexity index is 1390. The van der Waals surface area contributed by atoms with Gasteiger partial charge in [0, 0.05) is 75.9 Å². The van der Waals surface area contributed by atoms with Crippen molar-refractivity contribution < 1.29 is 4.21 Å². The molecular formula is C31H43N5O2S. The maximum atomic E-state index is 12.8. The molecule has 0 spiro atoms. The minimum Gasteiger partial charge on any atom is -0.389 e. The normalized spacial score (nSPS) is 15.2. The van der Waals surface area contributed by atoms with Crippen LogP contribution in [0.5, 0.6) is 0 Å². The number of anilines is 1. The first-order valence-electron chi connectivity index (χ1n) is 13.7. The molecule has 1 unspecified atom stereocenters. The molecule has 39 heavy (non-hydrogen) atoms. The van der Waals surface area contributed by atoms with Gasteiger partial charge in [-0.15, -0.1) is 0 Å². The fourth-order valence-corrected chi connectivity index (χ4v) is 5.68. The first kappa shape index (κ1) is 30.2. The minimum absolute atomic E-state index is 0.111. The van der Waals surface area contributed by atoms with Crippen LogP contribution in [0.4, 0.5) is 5.69 Å². The summed E-state index contributed by atoms with van der Waals surface area (Å²) in [4.78, 5) is 20.3. The van der Waals surface area contributed by atoms with Gasteiger partial charge in [0.15, 0.2) is 0 Å². The van der Waals surface area contributed by atoms with E-state index in [2.05, 4.69) is 45.6 Å². The Labute approximate surface area is 235 Å². The van der Waals surface area contributed by atoms with Crippen molar-refractivity contribution in [3.8, 4) is 0 Å². The molecule has 3 aromatic rings. The van der Waals surface area contributed by atoms with E-state index in [-0.39, 0.29) is 5.56 Å². The van der Waals surface area contributed by atoms with E-state index in [0.717, 1.165) is 77.3 Å². The molecule has 0 saturated carbocycles. The van der Waals surface area contributed by atoms with Crippen LogP contribution in [-0.4, -0.2) is 59.4 Å². The smallest absolute Gasteiger partial charge is 0.258 e. The van der Waals surface area contributed by atoms with E-state index in [1.54, 1.807) is 13.3 Å². The summed E-state index contributed by atoms with van der Waals surface area (Å²) in [5.41, 5.74) is 4.48. The number of rotatable bonds is 8. The number of para-hydroxylation sites is 1. The number of aromatic nitrogens is 1. The first-order valence-corrected chi connectivity index (χ1v) is 15.2. The highest BCUT2D eigenvalue weighted by atomic mass is 32.2. The van der Waals surface area contributed by atoms with Crippen molar-refractivity contribution in [1.29, 1.82) is 0 Å². The second kappa shape index (κ2) is 14.7. The third kappa shape index (κ3) is 7.82. The van der Waals surface area contributed by atoms with Crippen molar-refractivity contribution in [2.75, 3.05) is 44.8 Å². The van der Waals surface area contributed by atoms with Crippen LogP contribution in [0.25, 0.3) is 10.8 Å². The maximum Gasteiger partial charge on any atom is 0.258 e. The number of hydrogen-bond donors (Lipinski definition) is 2. The Balaban J connectivity index is 0.000000293. The fourth-order valence-electron chi connectivity index (χ4n) is 4.96. The molecular weight excluding hydrogens is 506 g/mol. The molecule has 0 radical (unpaired) electrons. The summed E-state index contributed by atoms with van der Waals surface area (Å²) in [6.07, 6.45) is 7.71. The molecule has 1 fully saturated rings. The molecule has 0 aliphatic carbocycles. The number of hydrogen-bond acceptors (Lipinski definition) is 6. The summed E-state index contributed by atoms with van der Waals surface area (Å²) in [6.45, 7) is 9.83. The Hall–Kier alpha value is -3.39. The molecule has 1 aliphatic heterocycles. The second-order valence-corrected chi connectivity index (χ2v) is 11.1. The van der Waals surface area contributed by atoms with Crippen LogP contribution in [0.3, 0.4) is 0 Å². The van der Waals surface area contributed by atoms with Gasteiger partial charge in [-0.1, -0.05) is 29.8 Å². The summed E-state index contributed by atoms with van der Waals surface area (Å²) in [7, 11) is 2.81. The summed E-state index contributed by atoms with van der Waals surface area (Å²) < 4.78 is 13.1. The fraction of sp³-hybridized carbons (Fsp3) is 0.419. The van der Waals surface area contributed by atoms with Gasteiger partial charge in [-0.2, -0.15) is 0 Å². The van der Waals surface area contributed by atoms with E-state index in [1.807, 2.05) is 68.2 Å². The lowest BCUT2D eigenvalue weighted by atomic mass is 9.91. The number of benzene rings is 2. The molecule has 2 heterocycles. The van der Waals surface area contributed by atoms with E-state index in [1.165, 1.54) is 0 Å². The number of nitrogens with one attached hydrogen (secondary N) is 2. The number of nitrogens with zero attached hydrogens (tertiary/aromatic N) is 3. The number of pyridine rings is 1. The van der Waals surface area contributed by atoms with E-state index >= 15 is 0 Å². The lowest BCUT2D eigenvalue weighted by Gasteiger charge is -2.34. The molecule has 1 aromatic heterocycles. The van der Waals surface area contributed by atoms with Crippen LogP contribution < -0.4 is 16.2 Å². The average molecular weight is 550 g/mol. The minimum atomic E-state index is -0.904. The molecule has 210 valence electrons. The third-order valence-electron chi connectivity index (χ3n) is 6.99. The molecule has 1 saturated heterocycles. The van der Waals surface area contributed by atoms with Gasteiger partial charge < -0.3 is 20.1 Å². The molecule has 1 aliphatic rings. The number of aryl methyl sites for hydroxylation is 1.